The number of carbonyl (C=O) groups excluding carboxylic acids is 2. The lowest BCUT2D eigenvalue weighted by atomic mass is 10.0. The van der Waals surface area contributed by atoms with Crippen LogP contribution in [0.4, 0.5) is 0 Å². The monoisotopic (exact) mass is 534 g/mol. The van der Waals surface area contributed by atoms with E-state index < -0.39 is 6.04 Å². The molecule has 0 spiro atoms. The summed E-state index contributed by atoms with van der Waals surface area (Å²) in [5, 5.41) is 3.96. The molecular weight excluding hydrogens is 500 g/mol. The number of nitrogens with one attached hydrogen (secondary N) is 1. The second-order valence-corrected chi connectivity index (χ2v) is 11.3. The molecule has 6 heteroatoms. The van der Waals surface area contributed by atoms with E-state index in [-0.39, 0.29) is 17.9 Å². The molecule has 4 nitrogen and oxygen atoms in total. The average molecular weight is 535 g/mol. The number of aryl methyl sites for hydroxylation is 1. The summed E-state index contributed by atoms with van der Waals surface area (Å²) in [7, 11) is 0. The first kappa shape index (κ1) is 27.3. The van der Waals surface area contributed by atoms with Crippen molar-refractivity contribution in [3.8, 4) is 0 Å². The van der Waals surface area contributed by atoms with Gasteiger partial charge in [0.05, 0.1) is 5.75 Å². The third kappa shape index (κ3) is 8.37. The van der Waals surface area contributed by atoms with Crippen molar-refractivity contribution < 1.29 is 9.59 Å². The molecule has 0 aromatic heterocycles. The number of benzene rings is 3. The van der Waals surface area contributed by atoms with Gasteiger partial charge in [0.2, 0.25) is 11.8 Å². The van der Waals surface area contributed by atoms with Crippen LogP contribution in [0, 0.1) is 6.92 Å². The Morgan fingerprint density at radius 3 is 2.38 bits per heavy atom. The molecule has 0 bridgehead atoms. The van der Waals surface area contributed by atoms with Gasteiger partial charge in [0.1, 0.15) is 6.04 Å². The Balaban J connectivity index is 1.56. The van der Waals surface area contributed by atoms with E-state index in [2.05, 4.69) is 11.4 Å². The SMILES string of the molecule is Cc1cccc(CN(C(=O)CSCc2cccc(Cl)c2)C(Cc2ccccc2)C(=O)NC2CCCC2)c1. The first-order chi connectivity index (χ1) is 18.0. The van der Waals surface area contributed by atoms with Gasteiger partial charge in [-0.15, -0.1) is 11.8 Å². The molecule has 0 aliphatic heterocycles. The number of rotatable bonds is 11. The van der Waals surface area contributed by atoms with Crippen molar-refractivity contribution in [3.63, 3.8) is 0 Å². The molecule has 1 fully saturated rings. The largest absolute Gasteiger partial charge is 0.352 e. The summed E-state index contributed by atoms with van der Waals surface area (Å²) in [5.41, 5.74) is 4.29. The summed E-state index contributed by atoms with van der Waals surface area (Å²) in [6.45, 7) is 2.44. The van der Waals surface area contributed by atoms with Gasteiger partial charge in [0.15, 0.2) is 0 Å². The zero-order chi connectivity index (χ0) is 26.0. The topological polar surface area (TPSA) is 49.4 Å². The van der Waals surface area contributed by atoms with Gasteiger partial charge in [-0.3, -0.25) is 9.59 Å². The fourth-order valence-electron chi connectivity index (χ4n) is 4.89. The van der Waals surface area contributed by atoms with Crippen molar-refractivity contribution in [1.29, 1.82) is 0 Å². The molecule has 1 aliphatic rings. The first-order valence-corrected chi connectivity index (χ1v) is 14.5. The highest BCUT2D eigenvalue weighted by Crippen LogP contribution is 2.22. The normalized spacial score (nSPS) is 14.3. The summed E-state index contributed by atoms with van der Waals surface area (Å²) in [5.74, 6) is 0.885. The van der Waals surface area contributed by atoms with E-state index >= 15 is 0 Å². The molecule has 3 aromatic carbocycles. The van der Waals surface area contributed by atoms with Crippen molar-refractivity contribution in [2.45, 2.75) is 63.4 Å². The standard InChI is InChI=1S/C31H35ClN2O2S/c1-23-9-7-12-25(17-23)20-34(30(35)22-37-21-26-13-8-14-27(32)18-26)29(19-24-10-3-2-4-11-24)31(36)33-28-15-5-6-16-28/h2-4,7-14,17-18,28-29H,5-6,15-16,19-22H2,1H3,(H,33,36). The van der Waals surface area contributed by atoms with Crippen molar-refractivity contribution in [2.75, 3.05) is 5.75 Å². The molecule has 37 heavy (non-hydrogen) atoms. The van der Waals surface area contributed by atoms with Crippen molar-refractivity contribution in [3.05, 3.63) is 106 Å². The zero-order valence-electron chi connectivity index (χ0n) is 21.4. The van der Waals surface area contributed by atoms with Crippen LogP contribution in [0.1, 0.15) is 47.9 Å². The Labute approximate surface area is 229 Å². The van der Waals surface area contributed by atoms with Gasteiger partial charge in [-0.2, -0.15) is 0 Å². The van der Waals surface area contributed by atoms with E-state index in [4.69, 9.17) is 11.6 Å². The third-order valence-electron chi connectivity index (χ3n) is 6.79. The van der Waals surface area contributed by atoms with Crippen LogP contribution in [0.15, 0.2) is 78.9 Å². The molecule has 3 aromatic rings. The van der Waals surface area contributed by atoms with Crippen LogP contribution >= 0.6 is 23.4 Å². The van der Waals surface area contributed by atoms with Crippen LogP contribution in [0.25, 0.3) is 0 Å². The number of thioether (sulfide) groups is 1. The maximum atomic E-state index is 13.8. The molecular formula is C31H35ClN2O2S. The second-order valence-electron chi connectivity index (χ2n) is 9.83. The average Bonchev–Trinajstić information content (AvgIpc) is 3.40. The van der Waals surface area contributed by atoms with Crippen molar-refractivity contribution in [2.24, 2.45) is 0 Å². The Kier molecular flexibility index (Phi) is 10.1. The molecule has 1 N–H and O–H groups in total. The van der Waals surface area contributed by atoms with E-state index in [0.717, 1.165) is 47.9 Å². The molecule has 1 saturated carbocycles. The fourth-order valence-corrected chi connectivity index (χ4v) is 5.97. The Bertz CT molecular complexity index is 1180. The van der Waals surface area contributed by atoms with E-state index in [1.165, 1.54) is 0 Å². The number of halogens is 1. The molecule has 0 heterocycles. The number of amides is 2. The lowest BCUT2D eigenvalue weighted by Crippen LogP contribution is -2.52. The molecule has 0 radical (unpaired) electrons. The van der Waals surface area contributed by atoms with Crippen LogP contribution in [0.3, 0.4) is 0 Å². The van der Waals surface area contributed by atoms with Crippen molar-refractivity contribution >= 4 is 35.2 Å². The zero-order valence-corrected chi connectivity index (χ0v) is 22.9. The smallest absolute Gasteiger partial charge is 0.243 e. The number of carbonyl (C=O) groups is 2. The van der Waals surface area contributed by atoms with Crippen LogP contribution in [-0.2, 0) is 28.3 Å². The molecule has 0 saturated heterocycles. The summed E-state index contributed by atoms with van der Waals surface area (Å²) >= 11 is 7.69. The van der Waals surface area contributed by atoms with Gasteiger partial charge in [-0.25, -0.2) is 0 Å². The van der Waals surface area contributed by atoms with Crippen LogP contribution in [-0.4, -0.2) is 34.6 Å². The van der Waals surface area contributed by atoms with Gasteiger partial charge in [-0.1, -0.05) is 96.7 Å². The third-order valence-corrected chi connectivity index (χ3v) is 8.01. The minimum absolute atomic E-state index is 0.0314. The maximum absolute atomic E-state index is 13.8. The van der Waals surface area contributed by atoms with E-state index in [0.29, 0.717) is 29.5 Å². The molecule has 1 unspecified atom stereocenters. The molecule has 2 amide bonds. The predicted octanol–water partition coefficient (Wildman–Crippen LogP) is 6.58. The summed E-state index contributed by atoms with van der Waals surface area (Å²) in [4.78, 5) is 29.3. The summed E-state index contributed by atoms with van der Waals surface area (Å²) in [6, 6.07) is 25.5. The molecule has 1 atom stereocenters. The highest BCUT2D eigenvalue weighted by atomic mass is 35.5. The Hall–Kier alpha value is -2.76. The van der Waals surface area contributed by atoms with E-state index in [1.807, 2.05) is 79.7 Å². The van der Waals surface area contributed by atoms with Gasteiger partial charge >= 0.3 is 0 Å². The first-order valence-electron chi connectivity index (χ1n) is 13.0. The van der Waals surface area contributed by atoms with Gasteiger partial charge < -0.3 is 10.2 Å². The Morgan fingerprint density at radius 1 is 0.946 bits per heavy atom. The van der Waals surface area contributed by atoms with Crippen LogP contribution in [0.5, 0.6) is 0 Å². The highest BCUT2D eigenvalue weighted by Gasteiger charge is 2.32. The highest BCUT2D eigenvalue weighted by molar-refractivity contribution is 7.99. The van der Waals surface area contributed by atoms with Gasteiger partial charge in [0.25, 0.3) is 0 Å². The minimum Gasteiger partial charge on any atom is -0.352 e. The lowest BCUT2D eigenvalue weighted by Gasteiger charge is -2.32. The molecule has 4 rings (SSSR count). The van der Waals surface area contributed by atoms with Crippen LogP contribution in [0.2, 0.25) is 5.02 Å². The number of hydrogen-bond acceptors (Lipinski definition) is 3. The van der Waals surface area contributed by atoms with Crippen molar-refractivity contribution in [1.82, 2.24) is 10.2 Å². The fraction of sp³-hybridized carbons (Fsp3) is 0.355. The lowest BCUT2D eigenvalue weighted by molar-refractivity contribution is -0.139. The van der Waals surface area contributed by atoms with Gasteiger partial charge in [0, 0.05) is 29.8 Å². The van der Waals surface area contributed by atoms with E-state index in [9.17, 15) is 9.59 Å². The minimum atomic E-state index is -0.581. The number of nitrogens with zero attached hydrogens (tertiary/aromatic N) is 1. The summed E-state index contributed by atoms with van der Waals surface area (Å²) in [6.07, 6.45) is 4.77. The maximum Gasteiger partial charge on any atom is 0.243 e. The van der Waals surface area contributed by atoms with Gasteiger partial charge in [-0.05, 0) is 48.6 Å². The Morgan fingerprint density at radius 2 is 1.65 bits per heavy atom. The summed E-state index contributed by atoms with van der Waals surface area (Å²) < 4.78 is 0. The molecule has 194 valence electrons. The quantitative estimate of drug-likeness (QED) is 0.302. The number of hydrogen-bond donors (Lipinski definition) is 1. The predicted molar refractivity (Wildman–Crippen MR) is 154 cm³/mol. The molecule has 1 aliphatic carbocycles. The second kappa shape index (κ2) is 13.7. The van der Waals surface area contributed by atoms with Crippen LogP contribution < -0.4 is 5.32 Å². The van der Waals surface area contributed by atoms with E-state index in [1.54, 1.807) is 16.7 Å².